The van der Waals surface area contributed by atoms with Crippen LogP contribution in [-0.4, -0.2) is 47.9 Å². The minimum atomic E-state index is -0.748. The number of hydroxylamine groups is 2. The van der Waals surface area contributed by atoms with E-state index in [9.17, 15) is 9.59 Å². The molecule has 184 valence electrons. The first-order valence-corrected chi connectivity index (χ1v) is 12.3. The van der Waals surface area contributed by atoms with Gasteiger partial charge in [-0.25, -0.2) is 0 Å². The highest BCUT2D eigenvalue weighted by molar-refractivity contribution is 5.78. The third kappa shape index (κ3) is 7.01. The fourth-order valence-electron chi connectivity index (χ4n) is 4.97. The summed E-state index contributed by atoms with van der Waals surface area (Å²) in [4.78, 5) is 32.7. The van der Waals surface area contributed by atoms with Crippen molar-refractivity contribution in [3.05, 3.63) is 35.9 Å². The lowest BCUT2D eigenvalue weighted by atomic mass is 9.75. The van der Waals surface area contributed by atoms with Crippen LogP contribution in [0.2, 0.25) is 0 Å². The monoisotopic (exact) mass is 460 g/mol. The molecule has 33 heavy (non-hydrogen) atoms. The Morgan fingerprint density at radius 2 is 1.82 bits per heavy atom. The van der Waals surface area contributed by atoms with Gasteiger partial charge in [0, 0.05) is 19.1 Å². The van der Waals surface area contributed by atoms with E-state index < -0.39 is 35.6 Å². The predicted molar refractivity (Wildman–Crippen MR) is 126 cm³/mol. The number of ether oxygens (including phenoxy) is 2. The second kappa shape index (κ2) is 11.4. The van der Waals surface area contributed by atoms with Crippen LogP contribution in [0.5, 0.6) is 0 Å². The molecule has 3 unspecified atom stereocenters. The van der Waals surface area contributed by atoms with E-state index in [-0.39, 0.29) is 18.5 Å². The van der Waals surface area contributed by atoms with Gasteiger partial charge in [-0.3, -0.25) is 14.4 Å². The molecule has 1 aromatic rings. The van der Waals surface area contributed by atoms with Crippen LogP contribution < -0.4 is 5.73 Å². The summed E-state index contributed by atoms with van der Waals surface area (Å²) in [5.74, 6) is -1.92. The Hall–Kier alpha value is -1.96. The van der Waals surface area contributed by atoms with Gasteiger partial charge in [0.05, 0.1) is 6.61 Å². The zero-order valence-electron chi connectivity index (χ0n) is 20.5. The molecule has 1 heterocycles. The summed E-state index contributed by atoms with van der Waals surface area (Å²) in [5, 5.41) is 1.76. The summed E-state index contributed by atoms with van der Waals surface area (Å²) in [6.45, 7) is 8.43. The molecule has 1 saturated carbocycles. The van der Waals surface area contributed by atoms with Crippen molar-refractivity contribution in [2.75, 3.05) is 13.2 Å². The van der Waals surface area contributed by atoms with Crippen LogP contribution in [0.25, 0.3) is 0 Å². The maximum Gasteiger partial charge on any atom is 0.313 e. The number of rotatable bonds is 8. The first-order chi connectivity index (χ1) is 15.7. The molecular weight excluding hydrogens is 420 g/mol. The van der Waals surface area contributed by atoms with Crippen molar-refractivity contribution in [2.45, 2.75) is 84.1 Å². The number of hydrogen-bond acceptors (Lipinski definition) is 7. The number of carbonyl (C=O) groups is 2. The standard InChI is InChI=1S/C26H40N2O5/c1-5-31-24(29)20-17-28(16-18-12-8-6-9-13-18)33-23(20)21(25(30)32-26(2,3)4)22(27)19-14-10-7-11-15-19/h6,8-9,12-13,19-23H,5,7,10-11,14-17,27H2,1-4H3/t20?,21?,22-,23?/m1/s1. The molecule has 1 aliphatic heterocycles. The molecule has 0 bridgehead atoms. The Labute approximate surface area is 197 Å². The van der Waals surface area contributed by atoms with E-state index in [1.165, 1.54) is 6.42 Å². The molecule has 7 nitrogen and oxygen atoms in total. The Balaban J connectivity index is 1.88. The Kier molecular flexibility index (Phi) is 8.90. The van der Waals surface area contributed by atoms with E-state index in [1.54, 1.807) is 12.0 Å². The Morgan fingerprint density at radius 3 is 2.42 bits per heavy atom. The predicted octanol–water partition coefficient (Wildman–Crippen LogP) is 3.85. The van der Waals surface area contributed by atoms with Gasteiger partial charge in [0.2, 0.25) is 0 Å². The summed E-state index contributed by atoms with van der Waals surface area (Å²) < 4.78 is 11.2. The summed E-state index contributed by atoms with van der Waals surface area (Å²) in [7, 11) is 0. The fourth-order valence-corrected chi connectivity index (χ4v) is 4.97. The molecule has 7 heteroatoms. The van der Waals surface area contributed by atoms with Gasteiger partial charge in [-0.15, -0.1) is 0 Å². The Bertz CT molecular complexity index is 773. The van der Waals surface area contributed by atoms with Gasteiger partial charge in [0.15, 0.2) is 0 Å². The number of esters is 2. The zero-order valence-corrected chi connectivity index (χ0v) is 20.5. The lowest BCUT2D eigenvalue weighted by Gasteiger charge is -2.36. The minimum absolute atomic E-state index is 0.200. The smallest absolute Gasteiger partial charge is 0.313 e. The SMILES string of the molecule is CCOC(=O)C1CN(Cc2ccccc2)OC1C(C(=O)OC(C)(C)C)[C@H](N)C1CCCCC1. The molecule has 4 atom stereocenters. The van der Waals surface area contributed by atoms with Crippen molar-refractivity contribution in [1.29, 1.82) is 0 Å². The van der Waals surface area contributed by atoms with E-state index in [2.05, 4.69) is 0 Å². The van der Waals surface area contributed by atoms with E-state index >= 15 is 0 Å². The third-order valence-corrected chi connectivity index (χ3v) is 6.50. The lowest BCUT2D eigenvalue weighted by molar-refractivity contribution is -0.193. The van der Waals surface area contributed by atoms with Crippen molar-refractivity contribution in [1.82, 2.24) is 5.06 Å². The largest absolute Gasteiger partial charge is 0.466 e. The van der Waals surface area contributed by atoms with Gasteiger partial charge in [-0.05, 0) is 52.0 Å². The lowest BCUT2D eigenvalue weighted by Crippen LogP contribution is -2.52. The molecule has 0 aromatic heterocycles. The topological polar surface area (TPSA) is 91.1 Å². The third-order valence-electron chi connectivity index (χ3n) is 6.50. The molecule has 2 N–H and O–H groups in total. The number of nitrogens with two attached hydrogens (primary N) is 1. The van der Waals surface area contributed by atoms with Gasteiger partial charge in [-0.2, -0.15) is 5.06 Å². The molecular formula is C26H40N2O5. The van der Waals surface area contributed by atoms with Gasteiger partial charge in [0.1, 0.15) is 23.5 Å². The Morgan fingerprint density at radius 1 is 1.15 bits per heavy atom. The minimum Gasteiger partial charge on any atom is -0.466 e. The molecule has 0 spiro atoms. The van der Waals surface area contributed by atoms with Crippen LogP contribution in [0.1, 0.15) is 65.4 Å². The normalized spacial score (nSPS) is 24.3. The van der Waals surface area contributed by atoms with Crippen LogP contribution in [0.3, 0.4) is 0 Å². The molecule has 1 aromatic carbocycles. The molecule has 1 saturated heterocycles. The van der Waals surface area contributed by atoms with Crippen molar-refractivity contribution in [2.24, 2.45) is 23.5 Å². The summed E-state index contributed by atoms with van der Waals surface area (Å²) >= 11 is 0. The van der Waals surface area contributed by atoms with Crippen molar-refractivity contribution < 1.29 is 23.9 Å². The van der Waals surface area contributed by atoms with Gasteiger partial charge in [0.25, 0.3) is 0 Å². The van der Waals surface area contributed by atoms with Gasteiger partial charge >= 0.3 is 11.9 Å². The zero-order chi connectivity index (χ0) is 24.0. The highest BCUT2D eigenvalue weighted by Crippen LogP contribution is 2.37. The number of hydrogen-bond donors (Lipinski definition) is 1. The highest BCUT2D eigenvalue weighted by Gasteiger charge is 2.51. The van der Waals surface area contributed by atoms with Crippen LogP contribution in [0.15, 0.2) is 30.3 Å². The average Bonchev–Trinajstić information content (AvgIpc) is 3.17. The number of carbonyl (C=O) groups excluding carboxylic acids is 2. The molecule has 0 amide bonds. The van der Waals surface area contributed by atoms with Crippen molar-refractivity contribution >= 4 is 11.9 Å². The maximum atomic E-state index is 13.5. The molecule has 0 radical (unpaired) electrons. The molecule has 3 rings (SSSR count). The quantitative estimate of drug-likeness (QED) is 0.589. The maximum absolute atomic E-state index is 13.5. The molecule has 1 aliphatic carbocycles. The second-order valence-corrected chi connectivity index (χ2v) is 10.3. The highest BCUT2D eigenvalue weighted by atomic mass is 16.7. The summed E-state index contributed by atoms with van der Waals surface area (Å²) in [5.41, 5.74) is 7.17. The number of nitrogens with zero attached hydrogens (tertiary/aromatic N) is 1. The van der Waals surface area contributed by atoms with Crippen molar-refractivity contribution in [3.63, 3.8) is 0 Å². The van der Waals surface area contributed by atoms with Crippen LogP contribution >= 0.6 is 0 Å². The molecule has 2 aliphatic rings. The average molecular weight is 461 g/mol. The van der Waals surface area contributed by atoms with E-state index in [0.717, 1.165) is 31.2 Å². The fraction of sp³-hybridized carbons (Fsp3) is 0.692. The summed E-state index contributed by atoms with van der Waals surface area (Å²) in [6.07, 6.45) is 4.63. The molecule has 2 fully saturated rings. The van der Waals surface area contributed by atoms with Crippen LogP contribution in [0, 0.1) is 17.8 Å². The van der Waals surface area contributed by atoms with Crippen LogP contribution in [0.4, 0.5) is 0 Å². The van der Waals surface area contributed by atoms with E-state index in [1.807, 2.05) is 51.1 Å². The second-order valence-electron chi connectivity index (χ2n) is 10.3. The first-order valence-electron chi connectivity index (χ1n) is 12.3. The first kappa shape index (κ1) is 25.7. The van der Waals surface area contributed by atoms with E-state index in [4.69, 9.17) is 20.0 Å². The van der Waals surface area contributed by atoms with E-state index in [0.29, 0.717) is 13.1 Å². The van der Waals surface area contributed by atoms with Crippen molar-refractivity contribution in [3.8, 4) is 0 Å². The van der Waals surface area contributed by atoms with Gasteiger partial charge in [-0.1, -0.05) is 49.6 Å². The summed E-state index contributed by atoms with van der Waals surface area (Å²) in [6, 6.07) is 9.46. The van der Waals surface area contributed by atoms with Crippen LogP contribution in [-0.2, 0) is 30.4 Å². The van der Waals surface area contributed by atoms with Gasteiger partial charge < -0.3 is 15.2 Å². The number of benzene rings is 1.